The molecule has 15 heavy (non-hydrogen) atoms. The first kappa shape index (κ1) is 11.7. The van der Waals surface area contributed by atoms with E-state index >= 15 is 0 Å². The summed E-state index contributed by atoms with van der Waals surface area (Å²) in [4.78, 5) is 19.1. The summed E-state index contributed by atoms with van der Waals surface area (Å²) in [7, 11) is 0. The third kappa shape index (κ3) is 3.36. The summed E-state index contributed by atoms with van der Waals surface area (Å²) < 4.78 is 0. The summed E-state index contributed by atoms with van der Waals surface area (Å²) in [6.45, 7) is 4.20. The monoisotopic (exact) mass is 228 g/mol. The fourth-order valence-corrected chi connectivity index (χ4v) is 1.18. The smallest absolute Gasteiger partial charge is 0.242 e. The van der Waals surface area contributed by atoms with Crippen LogP contribution in [0.4, 0.5) is 5.82 Å². The van der Waals surface area contributed by atoms with Crippen LogP contribution in [-0.4, -0.2) is 28.5 Å². The van der Waals surface area contributed by atoms with Crippen LogP contribution in [0.1, 0.15) is 13.8 Å². The number of likely N-dealkylation sites (N-methyl/N-ethyl adjacent to an activating group) is 1. The van der Waals surface area contributed by atoms with Crippen LogP contribution in [0.2, 0.25) is 5.02 Å². The van der Waals surface area contributed by atoms with Crippen molar-refractivity contribution in [3.05, 3.63) is 17.5 Å². The topological polar surface area (TPSA) is 66.9 Å². The number of carbonyl (C=O) groups excluding carboxylic acids is 1. The zero-order valence-electron chi connectivity index (χ0n) is 8.62. The van der Waals surface area contributed by atoms with Gasteiger partial charge in [0.05, 0.1) is 6.20 Å². The third-order valence-corrected chi connectivity index (χ3v) is 2.04. The Hall–Kier alpha value is -1.36. The second-order valence-corrected chi connectivity index (χ2v) is 3.39. The number of halogens is 1. The molecule has 2 N–H and O–H groups in total. The summed E-state index contributed by atoms with van der Waals surface area (Å²) in [5, 5.41) is 5.99. The van der Waals surface area contributed by atoms with Crippen LogP contribution < -0.4 is 10.6 Å². The summed E-state index contributed by atoms with van der Waals surface area (Å²) in [5.74, 6) is 0.373. The highest BCUT2D eigenvalue weighted by Gasteiger charge is 2.13. The molecule has 1 aromatic heterocycles. The molecule has 0 aliphatic carbocycles. The molecule has 0 saturated heterocycles. The van der Waals surface area contributed by atoms with E-state index in [1.165, 1.54) is 12.5 Å². The molecule has 1 rings (SSSR count). The van der Waals surface area contributed by atoms with Crippen LogP contribution in [-0.2, 0) is 4.79 Å². The highest BCUT2D eigenvalue weighted by atomic mass is 35.5. The molecule has 0 fully saturated rings. The zero-order valence-corrected chi connectivity index (χ0v) is 9.38. The van der Waals surface area contributed by atoms with E-state index in [1.54, 1.807) is 6.92 Å². The molecule has 5 nitrogen and oxygen atoms in total. The lowest BCUT2D eigenvalue weighted by Crippen LogP contribution is -2.37. The van der Waals surface area contributed by atoms with Crippen LogP contribution in [0, 0.1) is 0 Å². The maximum absolute atomic E-state index is 11.4. The van der Waals surface area contributed by atoms with Crippen molar-refractivity contribution in [3.8, 4) is 0 Å². The minimum Gasteiger partial charge on any atom is -0.357 e. The van der Waals surface area contributed by atoms with Crippen LogP contribution in [0.5, 0.6) is 0 Å². The zero-order chi connectivity index (χ0) is 11.3. The highest BCUT2D eigenvalue weighted by molar-refractivity contribution is 6.32. The largest absolute Gasteiger partial charge is 0.357 e. The number of nitrogens with one attached hydrogen (secondary N) is 2. The van der Waals surface area contributed by atoms with Gasteiger partial charge in [0.1, 0.15) is 23.2 Å². The molecule has 0 radical (unpaired) electrons. The summed E-state index contributed by atoms with van der Waals surface area (Å²) >= 11 is 5.83. The van der Waals surface area contributed by atoms with E-state index in [-0.39, 0.29) is 11.9 Å². The van der Waals surface area contributed by atoms with Crippen molar-refractivity contribution in [2.75, 3.05) is 11.9 Å². The Balaban J connectivity index is 2.62. The van der Waals surface area contributed by atoms with E-state index in [1.807, 2.05) is 6.92 Å². The number of carbonyl (C=O) groups is 1. The van der Waals surface area contributed by atoms with Gasteiger partial charge in [0, 0.05) is 6.54 Å². The van der Waals surface area contributed by atoms with Gasteiger partial charge in [0.25, 0.3) is 0 Å². The fraction of sp³-hybridized carbons (Fsp3) is 0.444. The Labute approximate surface area is 93.3 Å². The van der Waals surface area contributed by atoms with Crippen molar-refractivity contribution in [3.63, 3.8) is 0 Å². The lowest BCUT2D eigenvalue weighted by atomic mass is 10.3. The van der Waals surface area contributed by atoms with Crippen molar-refractivity contribution in [1.29, 1.82) is 0 Å². The number of hydrogen-bond acceptors (Lipinski definition) is 4. The van der Waals surface area contributed by atoms with E-state index in [0.29, 0.717) is 17.4 Å². The van der Waals surface area contributed by atoms with E-state index in [4.69, 9.17) is 11.6 Å². The SMILES string of the molecule is CCNC(=O)C(C)Nc1ncncc1Cl. The Bertz CT molecular complexity index is 345. The first-order valence-corrected chi connectivity index (χ1v) is 5.02. The van der Waals surface area contributed by atoms with Gasteiger partial charge in [-0.05, 0) is 13.8 Å². The van der Waals surface area contributed by atoms with Gasteiger partial charge in [-0.3, -0.25) is 4.79 Å². The summed E-state index contributed by atoms with van der Waals surface area (Å²) in [6.07, 6.45) is 2.85. The lowest BCUT2D eigenvalue weighted by molar-refractivity contribution is -0.121. The molecule has 82 valence electrons. The molecule has 1 aromatic rings. The van der Waals surface area contributed by atoms with Gasteiger partial charge in [-0.1, -0.05) is 11.6 Å². The van der Waals surface area contributed by atoms with Crippen LogP contribution >= 0.6 is 11.6 Å². The van der Waals surface area contributed by atoms with Gasteiger partial charge in [-0.2, -0.15) is 0 Å². The van der Waals surface area contributed by atoms with Gasteiger partial charge in [0.15, 0.2) is 0 Å². The Morgan fingerprint density at radius 3 is 3.00 bits per heavy atom. The maximum atomic E-state index is 11.4. The minimum atomic E-state index is -0.377. The third-order valence-electron chi connectivity index (χ3n) is 1.77. The van der Waals surface area contributed by atoms with Crippen molar-refractivity contribution in [2.24, 2.45) is 0 Å². The van der Waals surface area contributed by atoms with Gasteiger partial charge in [0.2, 0.25) is 5.91 Å². The molecule has 1 unspecified atom stereocenters. The fourth-order valence-electron chi connectivity index (χ4n) is 1.02. The molecular weight excluding hydrogens is 216 g/mol. The predicted molar refractivity (Wildman–Crippen MR) is 58.8 cm³/mol. The molecule has 1 amide bonds. The summed E-state index contributed by atoms with van der Waals surface area (Å²) in [5.41, 5.74) is 0. The first-order chi connectivity index (χ1) is 7.15. The van der Waals surface area contributed by atoms with Crippen LogP contribution in [0.25, 0.3) is 0 Å². The number of rotatable bonds is 4. The summed E-state index contributed by atoms with van der Waals surface area (Å²) in [6, 6.07) is -0.377. The lowest BCUT2D eigenvalue weighted by Gasteiger charge is -2.14. The quantitative estimate of drug-likeness (QED) is 0.809. The van der Waals surface area contributed by atoms with Gasteiger partial charge in [-0.25, -0.2) is 9.97 Å². The number of anilines is 1. The first-order valence-electron chi connectivity index (χ1n) is 4.65. The highest BCUT2D eigenvalue weighted by Crippen LogP contribution is 2.16. The Morgan fingerprint density at radius 2 is 2.40 bits per heavy atom. The van der Waals surface area contributed by atoms with Crippen molar-refractivity contribution < 1.29 is 4.79 Å². The molecule has 0 bridgehead atoms. The molecule has 1 heterocycles. The van der Waals surface area contributed by atoms with Gasteiger partial charge in [-0.15, -0.1) is 0 Å². The van der Waals surface area contributed by atoms with E-state index < -0.39 is 0 Å². The van der Waals surface area contributed by atoms with Gasteiger partial charge < -0.3 is 10.6 Å². The minimum absolute atomic E-state index is 0.0906. The molecule has 0 aliphatic heterocycles. The molecular formula is C9H13ClN4O. The maximum Gasteiger partial charge on any atom is 0.242 e. The molecule has 0 saturated carbocycles. The average molecular weight is 229 g/mol. The number of nitrogens with zero attached hydrogens (tertiary/aromatic N) is 2. The van der Waals surface area contributed by atoms with Crippen LogP contribution in [0.3, 0.4) is 0 Å². The van der Waals surface area contributed by atoms with E-state index in [0.717, 1.165) is 0 Å². The number of amides is 1. The predicted octanol–water partition coefficient (Wildman–Crippen LogP) is 1.07. The van der Waals surface area contributed by atoms with Crippen molar-refractivity contribution >= 4 is 23.3 Å². The van der Waals surface area contributed by atoms with E-state index in [2.05, 4.69) is 20.6 Å². The van der Waals surface area contributed by atoms with Crippen molar-refractivity contribution in [1.82, 2.24) is 15.3 Å². The van der Waals surface area contributed by atoms with E-state index in [9.17, 15) is 4.79 Å². The normalized spacial score (nSPS) is 11.9. The molecule has 6 heteroatoms. The van der Waals surface area contributed by atoms with Gasteiger partial charge >= 0.3 is 0 Å². The molecule has 0 aromatic carbocycles. The number of aromatic nitrogens is 2. The molecule has 0 spiro atoms. The Kier molecular flexibility index (Phi) is 4.30. The second-order valence-electron chi connectivity index (χ2n) is 2.98. The molecule has 1 atom stereocenters. The van der Waals surface area contributed by atoms with Crippen LogP contribution in [0.15, 0.2) is 12.5 Å². The number of hydrogen-bond donors (Lipinski definition) is 2. The van der Waals surface area contributed by atoms with Crippen molar-refractivity contribution in [2.45, 2.75) is 19.9 Å². The second kappa shape index (κ2) is 5.50. The molecule has 0 aliphatic rings. The average Bonchev–Trinajstić information content (AvgIpc) is 2.21. The Morgan fingerprint density at radius 1 is 1.67 bits per heavy atom. The standard InChI is InChI=1S/C9H13ClN4O/c1-3-12-9(15)6(2)14-8-7(10)4-11-5-13-8/h4-6H,3H2,1-2H3,(H,12,15)(H,11,13,14).